The zero-order valence-electron chi connectivity index (χ0n) is 10.4. The number of nitrogens with zero attached hydrogens (tertiary/aromatic N) is 1. The van der Waals surface area contributed by atoms with Crippen molar-refractivity contribution in [1.82, 2.24) is 5.32 Å². The number of thioether (sulfide) groups is 1. The summed E-state index contributed by atoms with van der Waals surface area (Å²) in [4.78, 5) is 0.931. The summed E-state index contributed by atoms with van der Waals surface area (Å²) in [5.74, 6) is 0. The number of hydrogen-bond donors (Lipinski definition) is 2. The lowest BCUT2D eigenvalue weighted by Crippen LogP contribution is -2.15. The second-order valence-electron chi connectivity index (χ2n) is 4.04. The second-order valence-corrected chi connectivity index (χ2v) is 5.46. The van der Waals surface area contributed by atoms with Gasteiger partial charge in [-0.05, 0) is 31.7 Å². The van der Waals surface area contributed by atoms with Crippen molar-refractivity contribution in [3.63, 3.8) is 0 Å². The highest BCUT2D eigenvalue weighted by atomic mass is 32.2. The molecule has 0 aliphatic heterocycles. The van der Waals surface area contributed by atoms with Crippen LogP contribution in [0.25, 0.3) is 0 Å². The van der Waals surface area contributed by atoms with E-state index in [2.05, 4.69) is 11.4 Å². The van der Waals surface area contributed by atoms with Crippen molar-refractivity contribution < 1.29 is 5.11 Å². The van der Waals surface area contributed by atoms with E-state index in [1.54, 1.807) is 6.92 Å². The molecule has 0 bridgehead atoms. The van der Waals surface area contributed by atoms with Gasteiger partial charge in [0.2, 0.25) is 0 Å². The van der Waals surface area contributed by atoms with E-state index in [9.17, 15) is 5.11 Å². The highest BCUT2D eigenvalue weighted by molar-refractivity contribution is 8.00. The number of hydrogen-bond acceptors (Lipinski definition) is 4. The Morgan fingerprint density at radius 3 is 2.71 bits per heavy atom. The lowest BCUT2D eigenvalue weighted by molar-refractivity contribution is 0.196. The predicted molar refractivity (Wildman–Crippen MR) is 70.9 cm³/mol. The van der Waals surface area contributed by atoms with Crippen molar-refractivity contribution in [2.24, 2.45) is 0 Å². The maximum absolute atomic E-state index is 9.47. The van der Waals surface area contributed by atoms with Crippen LogP contribution in [0.15, 0.2) is 23.1 Å². The lowest BCUT2D eigenvalue weighted by Gasteiger charge is -2.15. The molecule has 1 aromatic carbocycles. The van der Waals surface area contributed by atoms with Gasteiger partial charge >= 0.3 is 0 Å². The summed E-state index contributed by atoms with van der Waals surface area (Å²) in [6.07, 6.45) is -0.386. The molecule has 2 N–H and O–H groups in total. The molecule has 0 spiro atoms. The van der Waals surface area contributed by atoms with E-state index in [-0.39, 0.29) is 11.4 Å². The van der Waals surface area contributed by atoms with Gasteiger partial charge in [-0.1, -0.05) is 13.0 Å². The van der Waals surface area contributed by atoms with Crippen LogP contribution in [0.2, 0.25) is 0 Å². The van der Waals surface area contributed by atoms with Crippen LogP contribution >= 0.6 is 11.8 Å². The minimum atomic E-state index is -0.386. The average Bonchev–Trinajstić information content (AvgIpc) is 2.31. The summed E-state index contributed by atoms with van der Waals surface area (Å²) in [5, 5.41) is 21.7. The fraction of sp³-hybridized carbons (Fsp3) is 0.462. The lowest BCUT2D eigenvalue weighted by atomic mass is 10.1. The number of aliphatic hydroxyl groups is 1. The maximum Gasteiger partial charge on any atom is 0.100 e. The number of nitrogens with one attached hydrogen (secondary N) is 1. The topological polar surface area (TPSA) is 56.0 Å². The Balaban J connectivity index is 2.90. The van der Waals surface area contributed by atoms with Gasteiger partial charge in [-0.3, -0.25) is 0 Å². The molecule has 0 fully saturated rings. The number of rotatable bonds is 5. The van der Waals surface area contributed by atoms with Gasteiger partial charge in [0.1, 0.15) is 6.07 Å². The molecule has 0 saturated heterocycles. The van der Waals surface area contributed by atoms with Gasteiger partial charge < -0.3 is 10.4 Å². The van der Waals surface area contributed by atoms with Crippen LogP contribution in [0.5, 0.6) is 0 Å². The highest BCUT2D eigenvalue weighted by Gasteiger charge is 2.13. The summed E-state index contributed by atoms with van der Waals surface area (Å²) in [5.41, 5.74) is 1.77. The average molecular weight is 250 g/mol. The largest absolute Gasteiger partial charge is 0.392 e. The van der Waals surface area contributed by atoms with E-state index >= 15 is 0 Å². The molecule has 3 nitrogen and oxygen atoms in total. The van der Waals surface area contributed by atoms with Crippen LogP contribution < -0.4 is 5.32 Å². The van der Waals surface area contributed by atoms with Gasteiger partial charge in [-0.15, -0.1) is 11.8 Å². The van der Waals surface area contributed by atoms with Crippen LogP contribution in [0.4, 0.5) is 0 Å². The molecule has 0 saturated carbocycles. The molecule has 0 amide bonds. The van der Waals surface area contributed by atoms with Crippen molar-refractivity contribution in [3.05, 3.63) is 29.3 Å². The zero-order chi connectivity index (χ0) is 12.8. The Bertz CT molecular complexity index is 412. The third kappa shape index (κ3) is 4.04. The molecule has 92 valence electrons. The van der Waals surface area contributed by atoms with Gasteiger partial charge in [0, 0.05) is 16.7 Å². The van der Waals surface area contributed by atoms with E-state index < -0.39 is 0 Å². The van der Waals surface area contributed by atoms with Crippen molar-refractivity contribution in [2.45, 2.75) is 36.6 Å². The molecule has 17 heavy (non-hydrogen) atoms. The number of benzene rings is 1. The first-order valence-electron chi connectivity index (χ1n) is 5.60. The third-order valence-electron chi connectivity index (χ3n) is 2.54. The molecule has 0 aromatic heterocycles. The van der Waals surface area contributed by atoms with E-state index in [0.717, 1.165) is 17.0 Å². The molecular weight excluding hydrogens is 232 g/mol. The quantitative estimate of drug-likeness (QED) is 0.786. The van der Waals surface area contributed by atoms with E-state index in [1.165, 1.54) is 11.8 Å². The van der Waals surface area contributed by atoms with Crippen molar-refractivity contribution >= 4 is 11.8 Å². The van der Waals surface area contributed by atoms with Gasteiger partial charge in [-0.25, -0.2) is 0 Å². The van der Waals surface area contributed by atoms with Crippen LogP contribution in [0, 0.1) is 11.3 Å². The highest BCUT2D eigenvalue weighted by Crippen LogP contribution is 2.28. The first-order valence-corrected chi connectivity index (χ1v) is 6.48. The van der Waals surface area contributed by atoms with Crippen LogP contribution in [0.1, 0.15) is 25.0 Å². The molecule has 2 unspecified atom stereocenters. The predicted octanol–water partition coefficient (Wildman–Crippen LogP) is 2.14. The smallest absolute Gasteiger partial charge is 0.100 e. The van der Waals surface area contributed by atoms with Gasteiger partial charge in [0.25, 0.3) is 0 Å². The molecule has 0 radical (unpaired) electrons. The Hall–Kier alpha value is -1.02. The third-order valence-corrected chi connectivity index (χ3v) is 3.91. The van der Waals surface area contributed by atoms with Crippen LogP contribution in [0.3, 0.4) is 0 Å². The van der Waals surface area contributed by atoms with E-state index in [1.807, 2.05) is 32.2 Å². The first-order chi connectivity index (χ1) is 8.08. The standard InChI is InChI=1S/C13H18N2OS/c1-9(16)10(2)17-13-5-4-11(8-15-3)6-12(13)7-14/h4-6,9-10,15-16H,8H2,1-3H3. The molecule has 0 heterocycles. The molecule has 2 atom stereocenters. The Labute approximate surface area is 107 Å². The molecule has 0 aliphatic rings. The molecule has 0 aliphatic carbocycles. The summed E-state index contributed by atoms with van der Waals surface area (Å²) < 4.78 is 0. The van der Waals surface area contributed by atoms with Crippen molar-refractivity contribution in [3.8, 4) is 6.07 Å². The van der Waals surface area contributed by atoms with Gasteiger partial charge in [0.15, 0.2) is 0 Å². The van der Waals surface area contributed by atoms with Crippen molar-refractivity contribution in [2.75, 3.05) is 7.05 Å². The Morgan fingerprint density at radius 2 is 2.18 bits per heavy atom. The number of nitriles is 1. The van der Waals surface area contributed by atoms with Crippen LogP contribution in [-0.2, 0) is 6.54 Å². The minimum Gasteiger partial charge on any atom is -0.392 e. The maximum atomic E-state index is 9.47. The van der Waals surface area contributed by atoms with E-state index in [0.29, 0.717) is 5.56 Å². The summed E-state index contributed by atoms with van der Waals surface area (Å²) >= 11 is 1.54. The summed E-state index contributed by atoms with van der Waals surface area (Å²) in [6.45, 7) is 4.47. The fourth-order valence-corrected chi connectivity index (χ4v) is 2.36. The normalized spacial score (nSPS) is 14.1. The van der Waals surface area contributed by atoms with Crippen LogP contribution in [-0.4, -0.2) is 23.5 Å². The second kappa shape index (κ2) is 6.65. The Morgan fingerprint density at radius 1 is 1.47 bits per heavy atom. The fourth-order valence-electron chi connectivity index (χ4n) is 1.38. The molecule has 1 rings (SSSR count). The monoisotopic (exact) mass is 250 g/mol. The zero-order valence-corrected chi connectivity index (χ0v) is 11.2. The molecular formula is C13H18N2OS. The van der Waals surface area contributed by atoms with Gasteiger partial charge in [0.05, 0.1) is 11.7 Å². The SMILES string of the molecule is CNCc1ccc(SC(C)C(C)O)c(C#N)c1. The molecule has 4 heteroatoms. The summed E-state index contributed by atoms with van der Waals surface area (Å²) in [6, 6.07) is 8.07. The molecule has 1 aromatic rings. The minimum absolute atomic E-state index is 0.0808. The summed E-state index contributed by atoms with van der Waals surface area (Å²) in [7, 11) is 1.88. The first kappa shape index (κ1) is 14.0. The van der Waals surface area contributed by atoms with Gasteiger partial charge in [-0.2, -0.15) is 5.26 Å². The van der Waals surface area contributed by atoms with E-state index in [4.69, 9.17) is 5.26 Å². The number of aliphatic hydroxyl groups excluding tert-OH is 1. The van der Waals surface area contributed by atoms with Crippen molar-refractivity contribution in [1.29, 1.82) is 5.26 Å². The Kier molecular flexibility index (Phi) is 5.49.